The van der Waals surface area contributed by atoms with Crippen molar-refractivity contribution in [3.8, 4) is 0 Å². The summed E-state index contributed by atoms with van der Waals surface area (Å²) in [5.41, 5.74) is 2.86. The molecule has 0 spiro atoms. The highest BCUT2D eigenvalue weighted by atomic mass is 35.5. The molecule has 78 valence electrons. The summed E-state index contributed by atoms with van der Waals surface area (Å²) in [4.78, 5) is 13.4. The van der Waals surface area contributed by atoms with Gasteiger partial charge in [0.1, 0.15) is 0 Å². The second kappa shape index (κ2) is 4.55. The number of aryl methyl sites for hydroxylation is 1. The van der Waals surface area contributed by atoms with Crippen molar-refractivity contribution in [3.63, 3.8) is 0 Å². The van der Waals surface area contributed by atoms with Crippen LogP contribution in [0.25, 0.3) is 0 Å². The van der Waals surface area contributed by atoms with Crippen molar-refractivity contribution in [2.45, 2.75) is 13.5 Å². The van der Waals surface area contributed by atoms with Crippen LogP contribution in [0.5, 0.6) is 0 Å². The Balaban J connectivity index is 2.06. The maximum absolute atomic E-state index is 5.86. The molecule has 2 rings (SSSR count). The number of anilines is 1. The number of rotatable bonds is 3. The molecule has 0 bridgehead atoms. The molecule has 0 saturated carbocycles. The van der Waals surface area contributed by atoms with E-state index in [-0.39, 0.29) is 0 Å². The minimum Gasteiger partial charge on any atom is -0.363 e. The second-order valence-corrected chi connectivity index (χ2v) is 4.21. The van der Waals surface area contributed by atoms with Gasteiger partial charge in [0.2, 0.25) is 0 Å². The van der Waals surface area contributed by atoms with Crippen LogP contribution in [0.2, 0.25) is 5.15 Å². The van der Waals surface area contributed by atoms with Crippen molar-refractivity contribution in [3.05, 3.63) is 33.6 Å². The lowest BCUT2D eigenvalue weighted by Gasteiger charge is -2.04. The summed E-state index contributed by atoms with van der Waals surface area (Å²) in [6.45, 7) is 2.65. The normalized spacial score (nSPS) is 10.3. The predicted molar refractivity (Wildman–Crippen MR) is 61.2 cm³/mol. The Kier molecular flexibility index (Phi) is 3.13. The van der Waals surface area contributed by atoms with Crippen molar-refractivity contribution < 1.29 is 0 Å². The molecule has 0 atom stereocenters. The van der Waals surface area contributed by atoms with Crippen LogP contribution in [-0.2, 0) is 6.54 Å². The Hall–Kier alpha value is -1.20. The zero-order valence-electron chi connectivity index (χ0n) is 8.07. The third kappa shape index (κ3) is 2.43. The van der Waals surface area contributed by atoms with E-state index in [0.29, 0.717) is 17.5 Å². The number of halogens is 1. The van der Waals surface area contributed by atoms with Crippen molar-refractivity contribution in [2.75, 3.05) is 5.32 Å². The standard InChI is InChI=1S/C9H9ClN4S/c1-6-7(15-5-14-6)4-13-9-8(10)11-2-3-12-9/h2-3,5H,4H2,1H3,(H,12,13). The third-order valence-corrected chi connectivity index (χ3v) is 3.13. The predicted octanol–water partition coefficient (Wildman–Crippen LogP) is 2.51. The zero-order chi connectivity index (χ0) is 10.7. The Morgan fingerprint density at radius 3 is 2.80 bits per heavy atom. The summed E-state index contributed by atoms with van der Waals surface area (Å²) in [7, 11) is 0. The number of nitrogens with zero attached hydrogens (tertiary/aromatic N) is 3. The van der Waals surface area contributed by atoms with Crippen LogP contribution >= 0.6 is 22.9 Å². The van der Waals surface area contributed by atoms with E-state index in [2.05, 4.69) is 20.3 Å². The Morgan fingerprint density at radius 2 is 2.13 bits per heavy atom. The molecular formula is C9H9ClN4S. The van der Waals surface area contributed by atoms with Gasteiger partial charge in [-0.2, -0.15) is 0 Å². The fourth-order valence-corrected chi connectivity index (χ4v) is 1.99. The van der Waals surface area contributed by atoms with E-state index < -0.39 is 0 Å². The third-order valence-electron chi connectivity index (χ3n) is 1.91. The van der Waals surface area contributed by atoms with Crippen molar-refractivity contribution in [1.82, 2.24) is 15.0 Å². The smallest absolute Gasteiger partial charge is 0.171 e. The summed E-state index contributed by atoms with van der Waals surface area (Å²) in [6, 6.07) is 0. The number of aromatic nitrogens is 3. The van der Waals surface area contributed by atoms with Gasteiger partial charge in [0, 0.05) is 17.3 Å². The molecule has 1 N–H and O–H groups in total. The minimum absolute atomic E-state index is 0.389. The first-order valence-corrected chi connectivity index (χ1v) is 5.62. The van der Waals surface area contributed by atoms with Crippen LogP contribution in [0.3, 0.4) is 0 Å². The summed E-state index contributed by atoms with van der Waals surface area (Å²) in [5, 5.41) is 3.51. The quantitative estimate of drug-likeness (QED) is 0.896. The molecule has 0 aromatic carbocycles. The highest BCUT2D eigenvalue weighted by molar-refractivity contribution is 7.09. The molecule has 0 unspecified atom stereocenters. The first-order chi connectivity index (χ1) is 7.27. The molecule has 15 heavy (non-hydrogen) atoms. The van der Waals surface area contributed by atoms with Crippen molar-refractivity contribution in [2.24, 2.45) is 0 Å². The molecule has 0 amide bonds. The van der Waals surface area contributed by atoms with Gasteiger partial charge >= 0.3 is 0 Å². The SMILES string of the molecule is Cc1ncsc1CNc1nccnc1Cl. The van der Waals surface area contributed by atoms with Gasteiger partial charge in [-0.25, -0.2) is 15.0 Å². The molecular weight excluding hydrogens is 232 g/mol. The van der Waals surface area contributed by atoms with Crippen LogP contribution in [0.1, 0.15) is 10.6 Å². The maximum atomic E-state index is 5.86. The van der Waals surface area contributed by atoms with E-state index in [1.165, 1.54) is 4.88 Å². The Bertz CT molecular complexity index is 457. The molecule has 0 aliphatic rings. The summed E-state index contributed by atoms with van der Waals surface area (Å²) < 4.78 is 0. The number of hydrogen-bond acceptors (Lipinski definition) is 5. The van der Waals surface area contributed by atoms with Gasteiger partial charge in [-0.3, -0.25) is 0 Å². The Labute approximate surface area is 96.4 Å². The van der Waals surface area contributed by atoms with Crippen LogP contribution < -0.4 is 5.32 Å². The first kappa shape index (κ1) is 10.3. The summed E-state index contributed by atoms with van der Waals surface area (Å²) >= 11 is 7.47. The summed E-state index contributed by atoms with van der Waals surface area (Å²) in [5.74, 6) is 0.604. The number of thiazole rings is 1. The van der Waals surface area contributed by atoms with Gasteiger partial charge in [-0.1, -0.05) is 11.6 Å². The van der Waals surface area contributed by atoms with E-state index in [1.54, 1.807) is 23.7 Å². The molecule has 0 aliphatic heterocycles. The monoisotopic (exact) mass is 240 g/mol. The number of nitrogens with one attached hydrogen (secondary N) is 1. The van der Waals surface area contributed by atoms with E-state index in [0.717, 1.165) is 5.69 Å². The zero-order valence-corrected chi connectivity index (χ0v) is 9.64. The van der Waals surface area contributed by atoms with Crippen molar-refractivity contribution in [1.29, 1.82) is 0 Å². The van der Waals surface area contributed by atoms with Gasteiger partial charge in [-0.05, 0) is 6.92 Å². The molecule has 0 radical (unpaired) electrons. The lowest BCUT2D eigenvalue weighted by atomic mass is 10.4. The lowest BCUT2D eigenvalue weighted by molar-refractivity contribution is 1.08. The van der Waals surface area contributed by atoms with Gasteiger partial charge in [0.15, 0.2) is 11.0 Å². The van der Waals surface area contributed by atoms with Gasteiger partial charge in [0.25, 0.3) is 0 Å². The second-order valence-electron chi connectivity index (χ2n) is 2.91. The topological polar surface area (TPSA) is 50.7 Å². The van der Waals surface area contributed by atoms with Crippen molar-refractivity contribution >= 4 is 28.8 Å². The molecule has 0 aliphatic carbocycles. The highest BCUT2D eigenvalue weighted by Crippen LogP contribution is 2.18. The summed E-state index contributed by atoms with van der Waals surface area (Å²) in [6.07, 6.45) is 3.17. The minimum atomic E-state index is 0.389. The van der Waals surface area contributed by atoms with E-state index in [1.807, 2.05) is 12.4 Å². The molecule has 0 fully saturated rings. The average Bonchev–Trinajstić information content (AvgIpc) is 2.63. The average molecular weight is 241 g/mol. The highest BCUT2D eigenvalue weighted by Gasteiger charge is 2.04. The lowest BCUT2D eigenvalue weighted by Crippen LogP contribution is -2.02. The molecule has 2 aromatic rings. The first-order valence-electron chi connectivity index (χ1n) is 4.36. The molecule has 2 aromatic heterocycles. The van der Waals surface area contributed by atoms with Gasteiger partial charge < -0.3 is 5.32 Å². The van der Waals surface area contributed by atoms with Crippen LogP contribution in [0.4, 0.5) is 5.82 Å². The van der Waals surface area contributed by atoms with Crippen LogP contribution in [0.15, 0.2) is 17.9 Å². The molecule has 2 heterocycles. The Morgan fingerprint density at radius 1 is 1.33 bits per heavy atom. The van der Waals surface area contributed by atoms with Gasteiger partial charge in [0.05, 0.1) is 17.7 Å². The van der Waals surface area contributed by atoms with Crippen LogP contribution in [-0.4, -0.2) is 15.0 Å². The van der Waals surface area contributed by atoms with Crippen LogP contribution in [0, 0.1) is 6.92 Å². The molecule has 0 saturated heterocycles. The fourth-order valence-electron chi connectivity index (χ4n) is 1.10. The fraction of sp³-hybridized carbons (Fsp3) is 0.222. The van der Waals surface area contributed by atoms with E-state index in [9.17, 15) is 0 Å². The maximum Gasteiger partial charge on any atom is 0.171 e. The number of hydrogen-bond donors (Lipinski definition) is 1. The molecule has 6 heteroatoms. The largest absolute Gasteiger partial charge is 0.363 e. The van der Waals surface area contributed by atoms with E-state index in [4.69, 9.17) is 11.6 Å². The van der Waals surface area contributed by atoms with Gasteiger partial charge in [-0.15, -0.1) is 11.3 Å². The van der Waals surface area contributed by atoms with E-state index >= 15 is 0 Å². The molecule has 4 nitrogen and oxygen atoms in total.